The number of aryl methyl sites for hydroxylation is 1. The van der Waals surface area contributed by atoms with Gasteiger partial charge in [-0.25, -0.2) is 23.1 Å². The highest BCUT2D eigenvalue weighted by Gasteiger charge is 2.25. The van der Waals surface area contributed by atoms with Crippen LogP contribution in [0, 0.1) is 6.92 Å². The molecule has 0 unspecified atom stereocenters. The molecule has 0 aliphatic rings. The first-order valence-corrected chi connectivity index (χ1v) is 9.23. The second-order valence-corrected chi connectivity index (χ2v) is 8.13. The van der Waals surface area contributed by atoms with Gasteiger partial charge in [-0.3, -0.25) is 4.40 Å². The fourth-order valence-corrected chi connectivity index (χ4v) is 4.75. The Balaban J connectivity index is 1.94. The third-order valence-electron chi connectivity index (χ3n) is 2.79. The van der Waals surface area contributed by atoms with Gasteiger partial charge in [0, 0.05) is 29.7 Å². The molecule has 0 aliphatic heterocycles. The van der Waals surface area contributed by atoms with Crippen molar-refractivity contribution in [2.24, 2.45) is 0 Å². The number of aromatic nitrogens is 3. The van der Waals surface area contributed by atoms with Crippen molar-refractivity contribution in [3.8, 4) is 0 Å². The van der Waals surface area contributed by atoms with E-state index in [0.717, 1.165) is 9.88 Å². The van der Waals surface area contributed by atoms with Gasteiger partial charge in [-0.2, -0.15) is 0 Å². The molecule has 3 heterocycles. The number of hydrogen-bond acceptors (Lipinski definition) is 7. The van der Waals surface area contributed by atoms with Crippen molar-refractivity contribution in [1.82, 2.24) is 19.1 Å². The zero-order chi connectivity index (χ0) is 15.0. The van der Waals surface area contributed by atoms with Crippen molar-refractivity contribution in [1.29, 1.82) is 0 Å². The van der Waals surface area contributed by atoms with Gasteiger partial charge in [0.15, 0.2) is 15.8 Å². The first-order chi connectivity index (χ1) is 10.0. The van der Waals surface area contributed by atoms with Crippen LogP contribution >= 0.6 is 22.7 Å². The number of nitrogens with one attached hydrogen (secondary N) is 2. The smallest absolute Gasteiger partial charge is 0.260 e. The van der Waals surface area contributed by atoms with Gasteiger partial charge < -0.3 is 5.32 Å². The van der Waals surface area contributed by atoms with Crippen molar-refractivity contribution in [3.05, 3.63) is 27.7 Å². The molecular formula is C11H13N5O2S3. The normalized spacial score (nSPS) is 12.1. The summed E-state index contributed by atoms with van der Waals surface area (Å²) >= 11 is 2.85. The van der Waals surface area contributed by atoms with E-state index in [4.69, 9.17) is 0 Å². The fraction of sp³-hybridized carbons (Fsp3) is 0.273. The number of nitrogens with zero attached hydrogens (tertiary/aromatic N) is 3. The molecule has 112 valence electrons. The van der Waals surface area contributed by atoms with Crippen LogP contribution in [0.4, 0.5) is 5.82 Å². The monoisotopic (exact) mass is 343 g/mol. The van der Waals surface area contributed by atoms with Gasteiger partial charge in [-0.05, 0) is 6.92 Å². The summed E-state index contributed by atoms with van der Waals surface area (Å²) in [6.07, 6.45) is 3.42. The minimum Gasteiger partial charge on any atom is -0.371 e. The maximum Gasteiger partial charge on any atom is 0.260 e. The molecule has 3 aromatic heterocycles. The van der Waals surface area contributed by atoms with Crippen LogP contribution in [0.5, 0.6) is 0 Å². The molecule has 3 aromatic rings. The molecule has 21 heavy (non-hydrogen) atoms. The van der Waals surface area contributed by atoms with Crippen molar-refractivity contribution in [2.75, 3.05) is 12.4 Å². The molecule has 10 heteroatoms. The van der Waals surface area contributed by atoms with Crippen LogP contribution in [-0.2, 0) is 16.6 Å². The molecule has 0 aromatic carbocycles. The lowest BCUT2D eigenvalue weighted by Crippen LogP contribution is -2.25. The lowest BCUT2D eigenvalue weighted by atomic mass is 10.6. The van der Waals surface area contributed by atoms with Gasteiger partial charge in [0.25, 0.3) is 10.0 Å². The summed E-state index contributed by atoms with van der Waals surface area (Å²) in [5, 5.41) is 5.47. The van der Waals surface area contributed by atoms with E-state index >= 15 is 0 Å². The highest BCUT2D eigenvalue weighted by Crippen LogP contribution is 2.25. The van der Waals surface area contributed by atoms with Gasteiger partial charge in [-0.1, -0.05) is 0 Å². The van der Waals surface area contributed by atoms with Crippen LogP contribution < -0.4 is 10.0 Å². The van der Waals surface area contributed by atoms with Gasteiger partial charge in [0.05, 0.1) is 6.54 Å². The number of anilines is 1. The molecule has 0 saturated heterocycles. The van der Waals surface area contributed by atoms with Crippen LogP contribution in [-0.4, -0.2) is 29.8 Å². The molecule has 0 saturated carbocycles. The standard InChI is InChI=1S/C11H13N5O2S3/c1-7-5-13-8(20-7)6-14-21(17,18)10-9(12-2)15-11-16(10)3-4-19-11/h3-5,12,14H,6H2,1-2H3. The lowest BCUT2D eigenvalue weighted by Gasteiger charge is -2.06. The Morgan fingerprint density at radius 3 is 2.90 bits per heavy atom. The van der Waals surface area contributed by atoms with E-state index in [-0.39, 0.29) is 11.6 Å². The van der Waals surface area contributed by atoms with Gasteiger partial charge in [0.2, 0.25) is 0 Å². The molecule has 0 radical (unpaired) electrons. The summed E-state index contributed by atoms with van der Waals surface area (Å²) in [4.78, 5) is 10.1. The summed E-state index contributed by atoms with van der Waals surface area (Å²) in [5.41, 5.74) is 0. The number of thiazole rings is 2. The van der Waals surface area contributed by atoms with E-state index in [9.17, 15) is 8.42 Å². The predicted molar refractivity (Wildman–Crippen MR) is 83.5 cm³/mol. The highest BCUT2D eigenvalue weighted by atomic mass is 32.2. The second-order valence-electron chi connectivity index (χ2n) is 4.26. The summed E-state index contributed by atoms with van der Waals surface area (Å²) in [7, 11) is -2.04. The predicted octanol–water partition coefficient (Wildman–Crippen LogP) is 1.68. The largest absolute Gasteiger partial charge is 0.371 e. The molecule has 2 N–H and O–H groups in total. The van der Waals surface area contributed by atoms with Gasteiger partial charge in [-0.15, -0.1) is 22.7 Å². The summed E-state index contributed by atoms with van der Waals surface area (Å²) in [6, 6.07) is 0. The van der Waals surface area contributed by atoms with Gasteiger partial charge >= 0.3 is 0 Å². The van der Waals surface area contributed by atoms with E-state index in [1.807, 2.05) is 6.92 Å². The number of rotatable bonds is 5. The Kier molecular flexibility index (Phi) is 3.69. The SMILES string of the molecule is CNc1nc2sccn2c1S(=O)(=O)NCc1ncc(C)s1. The third-order valence-corrected chi connectivity index (χ3v) is 5.89. The van der Waals surface area contributed by atoms with Crippen LogP contribution in [0.2, 0.25) is 0 Å². The Bertz CT molecular complexity index is 877. The average molecular weight is 343 g/mol. The molecule has 7 nitrogen and oxygen atoms in total. The summed E-state index contributed by atoms with van der Waals surface area (Å²) in [6.45, 7) is 2.10. The molecule has 3 rings (SSSR count). The minimum atomic E-state index is -3.68. The van der Waals surface area contributed by atoms with Crippen LogP contribution in [0.1, 0.15) is 9.88 Å². The zero-order valence-electron chi connectivity index (χ0n) is 11.3. The van der Waals surface area contributed by atoms with Crippen molar-refractivity contribution >= 4 is 43.5 Å². The molecule has 0 fully saturated rings. The second kappa shape index (κ2) is 5.37. The highest BCUT2D eigenvalue weighted by molar-refractivity contribution is 7.89. The number of fused-ring (bicyclic) bond motifs is 1. The summed E-state index contributed by atoms with van der Waals surface area (Å²) in [5.74, 6) is 0.338. The molecular weight excluding hydrogens is 330 g/mol. The number of hydrogen-bond donors (Lipinski definition) is 2. The Labute approximate surface area is 129 Å². The number of sulfonamides is 1. The van der Waals surface area contributed by atoms with Crippen LogP contribution in [0.3, 0.4) is 0 Å². The first-order valence-electron chi connectivity index (χ1n) is 6.05. The van der Waals surface area contributed by atoms with E-state index < -0.39 is 10.0 Å². The zero-order valence-corrected chi connectivity index (χ0v) is 13.8. The molecule has 0 spiro atoms. The van der Waals surface area contributed by atoms with Crippen molar-refractivity contribution in [2.45, 2.75) is 18.5 Å². The van der Waals surface area contributed by atoms with E-state index in [2.05, 4.69) is 20.0 Å². The maximum atomic E-state index is 12.5. The quantitative estimate of drug-likeness (QED) is 0.736. The molecule has 0 bridgehead atoms. The Hall–Kier alpha value is -1.49. The lowest BCUT2D eigenvalue weighted by molar-refractivity contribution is 0.576. The van der Waals surface area contributed by atoms with E-state index in [1.165, 1.54) is 22.7 Å². The van der Waals surface area contributed by atoms with Crippen molar-refractivity contribution < 1.29 is 8.42 Å². The average Bonchev–Trinajstić information content (AvgIpc) is 3.10. The molecule has 0 aliphatic carbocycles. The number of imidazole rings is 1. The molecule has 0 atom stereocenters. The molecule has 0 amide bonds. The van der Waals surface area contributed by atoms with Gasteiger partial charge in [0.1, 0.15) is 5.01 Å². The topological polar surface area (TPSA) is 88.4 Å². The van der Waals surface area contributed by atoms with E-state index in [1.54, 1.807) is 29.2 Å². The Morgan fingerprint density at radius 1 is 1.43 bits per heavy atom. The Morgan fingerprint density at radius 2 is 2.24 bits per heavy atom. The van der Waals surface area contributed by atoms with E-state index in [0.29, 0.717) is 10.8 Å². The summed E-state index contributed by atoms with van der Waals surface area (Å²) < 4.78 is 29.2. The van der Waals surface area contributed by atoms with Crippen molar-refractivity contribution in [3.63, 3.8) is 0 Å². The minimum absolute atomic E-state index is 0.120. The van der Waals surface area contributed by atoms with Crippen LogP contribution in [0.25, 0.3) is 4.96 Å². The maximum absolute atomic E-state index is 12.5. The fourth-order valence-electron chi connectivity index (χ4n) is 1.89. The van der Waals surface area contributed by atoms with Crippen LogP contribution in [0.15, 0.2) is 22.8 Å². The third kappa shape index (κ3) is 2.67. The first kappa shape index (κ1) is 14.4.